The molecule has 1 N–H and O–H groups in total. The maximum atomic E-state index is 12.7. The van der Waals surface area contributed by atoms with E-state index in [0.717, 1.165) is 0 Å². The van der Waals surface area contributed by atoms with Gasteiger partial charge in [-0.2, -0.15) is 8.78 Å². The molecule has 0 aliphatic carbocycles. The Hall–Kier alpha value is -3.10. The van der Waals surface area contributed by atoms with Gasteiger partial charge in [0.05, 0.1) is 17.8 Å². The Kier molecular flexibility index (Phi) is 6.91. The number of carbonyl (C=O) groups excluding carboxylic acids is 1. The molecule has 10 heteroatoms. The quantitative estimate of drug-likeness (QED) is 0.470. The maximum absolute atomic E-state index is 12.7. The molecule has 0 aliphatic heterocycles. The second-order valence-electron chi connectivity index (χ2n) is 5.74. The number of amides is 1. The summed E-state index contributed by atoms with van der Waals surface area (Å²) < 4.78 is 40.0. The van der Waals surface area contributed by atoms with Crippen LogP contribution in [0, 0.1) is 0 Å². The number of alkyl halides is 2. The van der Waals surface area contributed by atoms with Crippen molar-refractivity contribution in [1.82, 2.24) is 4.98 Å². The normalized spacial score (nSPS) is 10.6. The first-order valence-corrected chi connectivity index (χ1v) is 9.15. The van der Waals surface area contributed by atoms with Crippen LogP contribution >= 0.6 is 23.2 Å². The minimum Gasteiger partial charge on any atom is -0.493 e. The molecule has 0 aliphatic rings. The van der Waals surface area contributed by atoms with Gasteiger partial charge in [-0.05, 0) is 36.4 Å². The number of nitrogens with zero attached hydrogens (tertiary/aromatic N) is 1. The van der Waals surface area contributed by atoms with Gasteiger partial charge < -0.3 is 19.5 Å². The largest absolute Gasteiger partial charge is 0.493 e. The van der Waals surface area contributed by atoms with Crippen molar-refractivity contribution in [3.63, 3.8) is 0 Å². The van der Waals surface area contributed by atoms with Gasteiger partial charge in [-0.1, -0.05) is 35.3 Å². The van der Waals surface area contributed by atoms with E-state index in [2.05, 4.69) is 15.0 Å². The predicted octanol–water partition coefficient (Wildman–Crippen LogP) is 6.04. The Morgan fingerprint density at radius 1 is 1.07 bits per heavy atom. The summed E-state index contributed by atoms with van der Waals surface area (Å²) >= 11 is 11.9. The first kappa shape index (κ1) is 21.6. The number of aromatic nitrogens is 1. The standard InChI is InChI=1S/C20H14Cl2F2N2O4/c1-28-17-8-11(6-7-16(17)30-20(23)24)18(27)26-14-4-2-3-5-15(14)29-19-13(22)9-12(21)10-25-19/h2-10,20H,1H3,(H,26,27). The van der Waals surface area contributed by atoms with Crippen LogP contribution in [0.2, 0.25) is 10.0 Å². The van der Waals surface area contributed by atoms with Crippen LogP contribution in [-0.4, -0.2) is 24.6 Å². The van der Waals surface area contributed by atoms with E-state index in [4.69, 9.17) is 32.7 Å². The monoisotopic (exact) mass is 454 g/mol. The molecule has 0 fully saturated rings. The lowest BCUT2D eigenvalue weighted by Crippen LogP contribution is -2.13. The molecule has 3 rings (SSSR count). The molecule has 0 radical (unpaired) electrons. The average Bonchev–Trinajstić information content (AvgIpc) is 2.71. The summed E-state index contributed by atoms with van der Waals surface area (Å²) in [5, 5.41) is 3.23. The summed E-state index contributed by atoms with van der Waals surface area (Å²) in [5.74, 6) is -0.325. The third kappa shape index (κ3) is 5.28. The Labute approximate surface area is 180 Å². The number of hydrogen-bond acceptors (Lipinski definition) is 5. The smallest absolute Gasteiger partial charge is 0.387 e. The topological polar surface area (TPSA) is 69.7 Å². The lowest BCUT2D eigenvalue weighted by atomic mass is 10.1. The maximum Gasteiger partial charge on any atom is 0.387 e. The molecule has 0 atom stereocenters. The molecule has 0 unspecified atom stereocenters. The highest BCUT2D eigenvalue weighted by Crippen LogP contribution is 2.34. The van der Waals surface area contributed by atoms with E-state index in [9.17, 15) is 13.6 Å². The van der Waals surface area contributed by atoms with Crippen molar-refractivity contribution in [1.29, 1.82) is 0 Å². The van der Waals surface area contributed by atoms with Gasteiger partial charge in [0, 0.05) is 11.8 Å². The zero-order chi connectivity index (χ0) is 21.7. The van der Waals surface area contributed by atoms with Crippen molar-refractivity contribution in [2.75, 3.05) is 12.4 Å². The molecule has 0 saturated heterocycles. The van der Waals surface area contributed by atoms with Crippen LogP contribution in [-0.2, 0) is 0 Å². The molecular weight excluding hydrogens is 441 g/mol. The molecular formula is C20H14Cl2F2N2O4. The first-order chi connectivity index (χ1) is 14.4. The van der Waals surface area contributed by atoms with Gasteiger partial charge >= 0.3 is 6.61 Å². The fraction of sp³-hybridized carbons (Fsp3) is 0.100. The van der Waals surface area contributed by atoms with Gasteiger partial charge in [0.2, 0.25) is 5.88 Å². The van der Waals surface area contributed by atoms with Crippen LogP contribution in [0.1, 0.15) is 10.4 Å². The van der Waals surface area contributed by atoms with E-state index >= 15 is 0 Å². The number of methoxy groups -OCH3 is 1. The number of nitrogens with one attached hydrogen (secondary N) is 1. The summed E-state index contributed by atoms with van der Waals surface area (Å²) in [6.45, 7) is -3.02. The lowest BCUT2D eigenvalue weighted by molar-refractivity contribution is -0.0512. The molecule has 3 aromatic rings. The molecule has 0 bridgehead atoms. The van der Waals surface area contributed by atoms with Crippen molar-refractivity contribution < 1.29 is 27.8 Å². The van der Waals surface area contributed by atoms with E-state index in [0.29, 0.717) is 10.7 Å². The molecule has 0 spiro atoms. The summed E-state index contributed by atoms with van der Waals surface area (Å²) in [7, 11) is 1.28. The predicted molar refractivity (Wildman–Crippen MR) is 108 cm³/mol. The summed E-state index contributed by atoms with van der Waals surface area (Å²) in [6, 6.07) is 11.9. The highest BCUT2D eigenvalue weighted by molar-refractivity contribution is 6.35. The third-order valence-electron chi connectivity index (χ3n) is 3.76. The van der Waals surface area contributed by atoms with Crippen LogP contribution in [0.3, 0.4) is 0 Å². The Bertz CT molecular complexity index is 1070. The molecule has 6 nitrogen and oxygen atoms in total. The van der Waals surface area contributed by atoms with Crippen molar-refractivity contribution in [3.8, 4) is 23.1 Å². The summed E-state index contributed by atoms with van der Waals surface area (Å²) in [6.07, 6.45) is 1.37. The molecule has 1 heterocycles. The van der Waals surface area contributed by atoms with E-state index in [1.54, 1.807) is 24.3 Å². The van der Waals surface area contributed by atoms with Crippen LogP contribution in [0.15, 0.2) is 54.7 Å². The van der Waals surface area contributed by atoms with Crippen LogP contribution in [0.5, 0.6) is 23.1 Å². The number of halogens is 4. The number of benzene rings is 2. The van der Waals surface area contributed by atoms with Gasteiger partial charge in [-0.3, -0.25) is 4.79 Å². The van der Waals surface area contributed by atoms with E-state index in [1.165, 1.54) is 37.6 Å². The van der Waals surface area contributed by atoms with Crippen molar-refractivity contribution in [3.05, 3.63) is 70.3 Å². The number of rotatable bonds is 7. The average molecular weight is 455 g/mol. The van der Waals surface area contributed by atoms with Gasteiger partial charge in [-0.15, -0.1) is 0 Å². The SMILES string of the molecule is COc1cc(C(=O)Nc2ccccc2Oc2ncc(Cl)cc2Cl)ccc1OC(F)F. The fourth-order valence-electron chi connectivity index (χ4n) is 2.44. The van der Waals surface area contributed by atoms with E-state index < -0.39 is 12.5 Å². The van der Waals surface area contributed by atoms with Gasteiger partial charge in [-0.25, -0.2) is 4.98 Å². The van der Waals surface area contributed by atoms with E-state index in [-0.39, 0.29) is 33.7 Å². The second-order valence-corrected chi connectivity index (χ2v) is 6.58. The van der Waals surface area contributed by atoms with Crippen LogP contribution in [0.4, 0.5) is 14.5 Å². The lowest BCUT2D eigenvalue weighted by Gasteiger charge is -2.14. The number of ether oxygens (including phenoxy) is 3. The fourth-order valence-corrected chi connectivity index (χ4v) is 2.86. The van der Waals surface area contributed by atoms with Crippen molar-refractivity contribution in [2.45, 2.75) is 6.61 Å². The minimum absolute atomic E-state index is 0.00960. The molecule has 1 aromatic heterocycles. The van der Waals surface area contributed by atoms with Gasteiger partial charge in [0.15, 0.2) is 17.2 Å². The van der Waals surface area contributed by atoms with Gasteiger partial charge in [0.1, 0.15) is 5.02 Å². The number of anilines is 1. The molecule has 1 amide bonds. The second kappa shape index (κ2) is 9.60. The highest BCUT2D eigenvalue weighted by atomic mass is 35.5. The first-order valence-electron chi connectivity index (χ1n) is 8.39. The molecule has 0 saturated carbocycles. The Morgan fingerprint density at radius 3 is 2.53 bits per heavy atom. The summed E-state index contributed by atoms with van der Waals surface area (Å²) in [5.41, 5.74) is 0.494. The Balaban J connectivity index is 1.82. The van der Waals surface area contributed by atoms with Crippen LogP contribution < -0.4 is 19.5 Å². The molecule has 30 heavy (non-hydrogen) atoms. The number of carbonyl (C=O) groups is 1. The zero-order valence-electron chi connectivity index (χ0n) is 15.4. The van der Waals surface area contributed by atoms with Gasteiger partial charge in [0.25, 0.3) is 5.91 Å². The number of pyridine rings is 1. The molecule has 156 valence electrons. The van der Waals surface area contributed by atoms with Crippen LogP contribution in [0.25, 0.3) is 0 Å². The highest BCUT2D eigenvalue weighted by Gasteiger charge is 2.16. The number of hydrogen-bond donors (Lipinski definition) is 1. The van der Waals surface area contributed by atoms with Crippen molar-refractivity contribution >= 4 is 34.8 Å². The Morgan fingerprint density at radius 2 is 1.83 bits per heavy atom. The zero-order valence-corrected chi connectivity index (χ0v) is 16.9. The third-order valence-corrected chi connectivity index (χ3v) is 4.24. The number of para-hydroxylation sites is 2. The summed E-state index contributed by atoms with van der Waals surface area (Å²) in [4.78, 5) is 16.7. The minimum atomic E-state index is -3.02. The molecule has 2 aromatic carbocycles. The van der Waals surface area contributed by atoms with E-state index in [1.807, 2.05) is 0 Å². The van der Waals surface area contributed by atoms with Crippen molar-refractivity contribution in [2.24, 2.45) is 0 Å².